The van der Waals surface area contributed by atoms with E-state index in [1.165, 1.54) is 122 Å². The van der Waals surface area contributed by atoms with Gasteiger partial charge >= 0.3 is 11.9 Å². The molecule has 0 rings (SSSR count). The van der Waals surface area contributed by atoms with Gasteiger partial charge in [-0.2, -0.15) is 0 Å². The van der Waals surface area contributed by atoms with E-state index in [0.717, 1.165) is 51.4 Å². The van der Waals surface area contributed by atoms with Crippen LogP contribution >= 0.6 is 0 Å². The summed E-state index contributed by atoms with van der Waals surface area (Å²) in [6.07, 6.45) is 42.3. The fourth-order valence-electron chi connectivity index (χ4n) is 5.48. The molecule has 0 amide bonds. The number of carbonyl (C=O) groups excluding carboxylic acids is 2. The topological polar surface area (TPSA) is 72.8 Å². The van der Waals surface area contributed by atoms with Crippen LogP contribution in [0.25, 0.3) is 0 Å². The predicted octanol–water partition coefficient (Wildman–Crippen LogP) is 11.9. The average molecular weight is 635 g/mol. The number of esters is 2. The van der Waals surface area contributed by atoms with Gasteiger partial charge in [0.25, 0.3) is 0 Å². The normalized spacial score (nSPS) is 12.3. The van der Waals surface area contributed by atoms with Crippen LogP contribution in [0.1, 0.15) is 200 Å². The monoisotopic (exact) mass is 635 g/mol. The van der Waals surface area contributed by atoms with Gasteiger partial charge in [0.1, 0.15) is 6.61 Å². The van der Waals surface area contributed by atoms with E-state index < -0.39 is 6.10 Å². The molecule has 0 aliphatic carbocycles. The van der Waals surface area contributed by atoms with Crippen molar-refractivity contribution >= 4 is 11.9 Å². The maximum atomic E-state index is 12.1. The fourth-order valence-corrected chi connectivity index (χ4v) is 5.48. The van der Waals surface area contributed by atoms with Crippen LogP contribution in [-0.4, -0.2) is 36.4 Å². The molecule has 0 fully saturated rings. The van der Waals surface area contributed by atoms with Crippen LogP contribution in [0.5, 0.6) is 0 Å². The number of hydrogen-bond acceptors (Lipinski definition) is 5. The number of unbranched alkanes of at least 4 members (excludes halogenated alkanes) is 23. The Morgan fingerprint density at radius 1 is 0.489 bits per heavy atom. The lowest BCUT2D eigenvalue weighted by atomic mass is 10.1. The Balaban J connectivity index is 3.57. The van der Waals surface area contributed by atoms with E-state index in [9.17, 15) is 14.7 Å². The lowest BCUT2D eigenvalue weighted by molar-refractivity contribution is -0.161. The molecule has 0 aromatic carbocycles. The zero-order chi connectivity index (χ0) is 32.9. The lowest BCUT2D eigenvalue weighted by Crippen LogP contribution is -2.28. The van der Waals surface area contributed by atoms with Crippen LogP contribution in [0.15, 0.2) is 24.3 Å². The van der Waals surface area contributed by atoms with Gasteiger partial charge in [0, 0.05) is 12.8 Å². The standard InChI is InChI=1S/C40H74O5/c1-3-5-7-9-11-13-15-17-19-21-22-24-26-28-30-32-34-39(42)44-37-38(36-41)45-40(43)35-33-31-29-27-25-23-20-18-16-14-12-10-8-6-4-2/h18-21,38,41H,3-17,22-37H2,1-2H3/b20-18-,21-19-/t38-/m0/s1. The largest absolute Gasteiger partial charge is 0.462 e. The minimum Gasteiger partial charge on any atom is -0.462 e. The van der Waals surface area contributed by atoms with Crippen molar-refractivity contribution in [3.05, 3.63) is 24.3 Å². The SMILES string of the molecule is CCCCCCCC/C=C\CCCCCCCC(=O)O[C@@H](CO)COC(=O)CCCCCCC/C=C\CCCCCCCCC. The molecule has 5 nitrogen and oxygen atoms in total. The molecule has 0 saturated heterocycles. The summed E-state index contributed by atoms with van der Waals surface area (Å²) in [5.74, 6) is -0.606. The van der Waals surface area contributed by atoms with Crippen LogP contribution < -0.4 is 0 Å². The summed E-state index contributed by atoms with van der Waals surface area (Å²) in [4.78, 5) is 24.2. The average Bonchev–Trinajstić information content (AvgIpc) is 3.04. The molecule has 0 aromatic rings. The minimum absolute atomic E-state index is 0.0708. The van der Waals surface area contributed by atoms with Crippen LogP contribution in [0, 0.1) is 0 Å². The third kappa shape index (κ3) is 35.1. The molecule has 0 aliphatic rings. The van der Waals surface area contributed by atoms with Crippen molar-refractivity contribution in [1.29, 1.82) is 0 Å². The number of carbonyl (C=O) groups is 2. The molecule has 45 heavy (non-hydrogen) atoms. The van der Waals surface area contributed by atoms with Crippen molar-refractivity contribution in [1.82, 2.24) is 0 Å². The van der Waals surface area contributed by atoms with Gasteiger partial charge in [-0.3, -0.25) is 9.59 Å². The molecular weight excluding hydrogens is 560 g/mol. The first-order valence-corrected chi connectivity index (χ1v) is 19.4. The number of rotatable bonds is 35. The van der Waals surface area contributed by atoms with E-state index in [2.05, 4.69) is 38.2 Å². The van der Waals surface area contributed by atoms with Crippen LogP contribution in [-0.2, 0) is 19.1 Å². The highest BCUT2D eigenvalue weighted by atomic mass is 16.6. The molecule has 5 heteroatoms. The minimum atomic E-state index is -0.775. The van der Waals surface area contributed by atoms with E-state index in [1.807, 2.05) is 0 Å². The lowest BCUT2D eigenvalue weighted by Gasteiger charge is -2.15. The number of aliphatic hydroxyl groups excluding tert-OH is 1. The van der Waals surface area contributed by atoms with Gasteiger partial charge < -0.3 is 14.6 Å². The molecule has 0 radical (unpaired) electrons. The Morgan fingerprint density at radius 3 is 1.20 bits per heavy atom. The van der Waals surface area contributed by atoms with Gasteiger partial charge in [0.15, 0.2) is 6.10 Å². The summed E-state index contributed by atoms with van der Waals surface area (Å²) in [5.41, 5.74) is 0. The Labute approximate surface area is 279 Å². The summed E-state index contributed by atoms with van der Waals surface area (Å²) in [5, 5.41) is 9.54. The van der Waals surface area contributed by atoms with Crippen molar-refractivity contribution in [2.45, 2.75) is 206 Å². The zero-order valence-corrected chi connectivity index (χ0v) is 29.9. The molecule has 0 bridgehead atoms. The Hall–Kier alpha value is -1.62. The van der Waals surface area contributed by atoms with Gasteiger partial charge in [-0.05, 0) is 64.2 Å². The zero-order valence-electron chi connectivity index (χ0n) is 29.9. The van der Waals surface area contributed by atoms with Gasteiger partial charge in [-0.1, -0.05) is 147 Å². The highest BCUT2D eigenvalue weighted by Gasteiger charge is 2.16. The number of allylic oxidation sites excluding steroid dienone is 4. The second-order valence-electron chi connectivity index (χ2n) is 13.0. The molecule has 264 valence electrons. The van der Waals surface area contributed by atoms with Crippen molar-refractivity contribution in [2.75, 3.05) is 13.2 Å². The third-order valence-corrected chi connectivity index (χ3v) is 8.47. The molecule has 0 spiro atoms. The highest BCUT2D eigenvalue weighted by molar-refractivity contribution is 5.70. The summed E-state index contributed by atoms with van der Waals surface area (Å²) in [6, 6.07) is 0. The van der Waals surface area contributed by atoms with Gasteiger partial charge in [-0.25, -0.2) is 0 Å². The van der Waals surface area contributed by atoms with E-state index >= 15 is 0 Å². The summed E-state index contributed by atoms with van der Waals surface area (Å²) in [7, 11) is 0. The molecule has 0 aliphatic heterocycles. The summed E-state index contributed by atoms with van der Waals surface area (Å²) < 4.78 is 10.6. The van der Waals surface area contributed by atoms with E-state index in [0.29, 0.717) is 12.8 Å². The molecule has 0 heterocycles. The van der Waals surface area contributed by atoms with Crippen molar-refractivity contribution in [2.24, 2.45) is 0 Å². The maximum absolute atomic E-state index is 12.1. The molecule has 0 saturated carbocycles. The second-order valence-corrected chi connectivity index (χ2v) is 13.0. The van der Waals surface area contributed by atoms with Crippen molar-refractivity contribution in [3.8, 4) is 0 Å². The maximum Gasteiger partial charge on any atom is 0.306 e. The van der Waals surface area contributed by atoms with Crippen LogP contribution in [0.2, 0.25) is 0 Å². The molecule has 1 N–H and O–H groups in total. The van der Waals surface area contributed by atoms with Crippen LogP contribution in [0.3, 0.4) is 0 Å². The molecule has 1 atom stereocenters. The number of ether oxygens (including phenoxy) is 2. The first-order chi connectivity index (χ1) is 22.1. The quantitative estimate of drug-likeness (QED) is 0.0426. The van der Waals surface area contributed by atoms with E-state index in [-0.39, 0.29) is 25.2 Å². The van der Waals surface area contributed by atoms with Crippen LogP contribution in [0.4, 0.5) is 0 Å². The smallest absolute Gasteiger partial charge is 0.306 e. The van der Waals surface area contributed by atoms with Gasteiger partial charge in [-0.15, -0.1) is 0 Å². The summed E-state index contributed by atoms with van der Waals surface area (Å²) >= 11 is 0. The Bertz CT molecular complexity index is 686. The first-order valence-electron chi connectivity index (χ1n) is 19.4. The van der Waals surface area contributed by atoms with E-state index in [1.54, 1.807) is 0 Å². The fraction of sp³-hybridized carbons (Fsp3) is 0.850. The summed E-state index contributed by atoms with van der Waals surface area (Å²) in [6.45, 7) is 4.12. The highest BCUT2D eigenvalue weighted by Crippen LogP contribution is 2.13. The predicted molar refractivity (Wildman–Crippen MR) is 191 cm³/mol. The Kier molecular flexibility index (Phi) is 35.5. The number of aliphatic hydroxyl groups is 1. The second kappa shape index (κ2) is 36.8. The molecule has 0 unspecified atom stereocenters. The van der Waals surface area contributed by atoms with Gasteiger partial charge in [0.2, 0.25) is 0 Å². The number of hydrogen-bond donors (Lipinski definition) is 1. The molecular formula is C40H74O5. The third-order valence-electron chi connectivity index (χ3n) is 8.47. The molecule has 0 aromatic heterocycles. The first kappa shape index (κ1) is 43.4. The van der Waals surface area contributed by atoms with E-state index in [4.69, 9.17) is 9.47 Å². The van der Waals surface area contributed by atoms with Crippen molar-refractivity contribution in [3.63, 3.8) is 0 Å². The Morgan fingerprint density at radius 2 is 0.822 bits per heavy atom. The van der Waals surface area contributed by atoms with Crippen molar-refractivity contribution < 1.29 is 24.2 Å². The van der Waals surface area contributed by atoms with Gasteiger partial charge in [0.05, 0.1) is 6.61 Å².